The van der Waals surface area contributed by atoms with Gasteiger partial charge in [0.05, 0.1) is 25.1 Å². The normalized spacial score (nSPS) is 11.6. The summed E-state index contributed by atoms with van der Waals surface area (Å²) in [7, 11) is -4.21. The number of benzene rings is 2. The molecule has 2 aromatic rings. The number of hydrogen-bond donors (Lipinski definition) is 2. The molecule has 0 aliphatic carbocycles. The molecule has 0 aromatic heterocycles. The van der Waals surface area contributed by atoms with Gasteiger partial charge in [0.2, 0.25) is 0 Å². The van der Waals surface area contributed by atoms with Gasteiger partial charge in [-0.2, -0.15) is 0 Å². The molecule has 0 saturated carbocycles. The Morgan fingerprint density at radius 3 is 1.62 bits per heavy atom. The van der Waals surface area contributed by atoms with Crippen LogP contribution in [0.3, 0.4) is 0 Å². The Bertz CT molecular complexity index is 892. The van der Waals surface area contributed by atoms with Gasteiger partial charge in [-0.3, -0.25) is 4.72 Å². The summed E-state index contributed by atoms with van der Waals surface area (Å²) >= 11 is 29.7. The number of halogens is 5. The second-order valence-corrected chi connectivity index (χ2v) is 8.47. The lowest BCUT2D eigenvalue weighted by Gasteiger charge is -2.15. The first-order chi connectivity index (χ1) is 11.0. The van der Waals surface area contributed by atoms with Gasteiger partial charge in [0, 0.05) is 5.69 Å². The summed E-state index contributed by atoms with van der Waals surface area (Å²) in [5, 5.41) is 8.53. The molecule has 130 valence electrons. The number of sulfonamides is 1. The van der Waals surface area contributed by atoms with Crippen LogP contribution in [0.25, 0.3) is 0 Å². The van der Waals surface area contributed by atoms with E-state index >= 15 is 0 Å². The first-order valence-electron chi connectivity index (χ1n) is 6.31. The zero-order valence-corrected chi connectivity index (χ0v) is 16.8. The second-order valence-electron chi connectivity index (χ2n) is 4.96. The van der Waals surface area contributed by atoms with E-state index in [2.05, 4.69) is 4.72 Å². The van der Waals surface area contributed by atoms with Gasteiger partial charge >= 0.3 is 0 Å². The van der Waals surface area contributed by atoms with Crippen LogP contribution in [0.1, 0.15) is 11.1 Å². The standard InChI is InChI=1S/C14H10Cl5NO3S/c1-5-3-7(4-6(2)13(5)21)20-24(22,23)14-11(18)9(16)8(15)10(17)12(14)19/h3-4,20-21H,1-2H3. The molecule has 0 radical (unpaired) electrons. The Morgan fingerprint density at radius 1 is 0.833 bits per heavy atom. The molecule has 2 N–H and O–H groups in total. The van der Waals surface area contributed by atoms with Crippen LogP contribution < -0.4 is 4.72 Å². The summed E-state index contributed by atoms with van der Waals surface area (Å²) in [5.74, 6) is 0.0756. The summed E-state index contributed by atoms with van der Waals surface area (Å²) in [4.78, 5) is -0.478. The lowest BCUT2D eigenvalue weighted by Crippen LogP contribution is -2.15. The average Bonchev–Trinajstić information content (AvgIpc) is 2.48. The largest absolute Gasteiger partial charge is 0.507 e. The van der Waals surface area contributed by atoms with Crippen LogP contribution >= 0.6 is 58.0 Å². The number of aromatic hydroxyl groups is 1. The molecule has 0 saturated heterocycles. The number of aryl methyl sites for hydroxylation is 2. The maximum atomic E-state index is 12.7. The minimum Gasteiger partial charge on any atom is -0.507 e. The molecule has 0 amide bonds. The molecule has 10 heteroatoms. The van der Waals surface area contributed by atoms with Crippen molar-refractivity contribution in [2.24, 2.45) is 0 Å². The molecule has 24 heavy (non-hydrogen) atoms. The molecule has 0 atom stereocenters. The van der Waals surface area contributed by atoms with E-state index in [-0.39, 0.29) is 36.6 Å². The SMILES string of the molecule is Cc1cc(NS(=O)(=O)c2c(Cl)c(Cl)c(Cl)c(Cl)c2Cl)cc(C)c1O. The minimum absolute atomic E-state index is 0.0756. The minimum atomic E-state index is -4.21. The van der Waals surface area contributed by atoms with Crippen LogP contribution in [0.2, 0.25) is 25.1 Å². The molecule has 2 rings (SSSR count). The fraction of sp³-hybridized carbons (Fsp3) is 0.143. The Balaban J connectivity index is 2.61. The summed E-state index contributed by atoms with van der Waals surface area (Å²) in [5.41, 5.74) is 1.21. The van der Waals surface area contributed by atoms with Crippen LogP contribution in [0, 0.1) is 13.8 Å². The number of anilines is 1. The van der Waals surface area contributed by atoms with E-state index in [1.54, 1.807) is 13.8 Å². The topological polar surface area (TPSA) is 66.4 Å². The smallest absolute Gasteiger partial charge is 0.264 e. The highest BCUT2D eigenvalue weighted by atomic mass is 35.5. The maximum Gasteiger partial charge on any atom is 0.264 e. The number of nitrogens with one attached hydrogen (secondary N) is 1. The number of phenols is 1. The number of phenolic OH excluding ortho intramolecular Hbond substituents is 1. The van der Waals surface area contributed by atoms with E-state index < -0.39 is 14.9 Å². The highest BCUT2D eigenvalue weighted by Gasteiger charge is 2.28. The quantitative estimate of drug-likeness (QED) is 0.339. The van der Waals surface area contributed by atoms with Crippen molar-refractivity contribution in [3.05, 3.63) is 48.4 Å². The molecule has 0 bridgehead atoms. The number of hydrogen-bond acceptors (Lipinski definition) is 3. The van der Waals surface area contributed by atoms with Gasteiger partial charge in [0.15, 0.2) is 0 Å². The fourth-order valence-electron chi connectivity index (χ4n) is 2.04. The van der Waals surface area contributed by atoms with Crippen molar-refractivity contribution in [1.82, 2.24) is 0 Å². The van der Waals surface area contributed by atoms with E-state index in [1.807, 2.05) is 0 Å². The first-order valence-corrected chi connectivity index (χ1v) is 9.69. The van der Waals surface area contributed by atoms with Gasteiger partial charge in [-0.15, -0.1) is 0 Å². The monoisotopic (exact) mass is 447 g/mol. The zero-order chi connectivity index (χ0) is 18.4. The molecular weight excluding hydrogens is 439 g/mol. The molecule has 0 aliphatic rings. The third-order valence-electron chi connectivity index (χ3n) is 3.18. The lowest BCUT2D eigenvalue weighted by atomic mass is 10.1. The molecule has 2 aromatic carbocycles. The fourth-order valence-corrected chi connectivity index (χ4v) is 5.11. The number of rotatable bonds is 3. The first kappa shape index (κ1) is 19.8. The van der Waals surface area contributed by atoms with Gasteiger partial charge in [0.25, 0.3) is 10.0 Å². The van der Waals surface area contributed by atoms with Crippen LogP contribution in [0.4, 0.5) is 5.69 Å². The molecular formula is C14H10Cl5NO3S. The van der Waals surface area contributed by atoms with Crippen molar-refractivity contribution in [3.8, 4) is 5.75 Å². The summed E-state index contributed by atoms with van der Waals surface area (Å²) in [6.45, 7) is 3.27. The van der Waals surface area contributed by atoms with Crippen LogP contribution in [-0.2, 0) is 10.0 Å². The zero-order valence-electron chi connectivity index (χ0n) is 12.2. The molecule has 0 aliphatic heterocycles. The lowest BCUT2D eigenvalue weighted by molar-refractivity contribution is 0.467. The highest BCUT2D eigenvalue weighted by molar-refractivity contribution is 7.93. The van der Waals surface area contributed by atoms with E-state index in [9.17, 15) is 13.5 Å². The van der Waals surface area contributed by atoms with Crippen molar-refractivity contribution in [2.45, 2.75) is 18.7 Å². The van der Waals surface area contributed by atoms with Crippen LogP contribution in [0.15, 0.2) is 17.0 Å². The van der Waals surface area contributed by atoms with Crippen molar-refractivity contribution in [1.29, 1.82) is 0 Å². The van der Waals surface area contributed by atoms with Gasteiger partial charge in [-0.25, -0.2) is 8.42 Å². The van der Waals surface area contributed by atoms with Crippen molar-refractivity contribution in [3.63, 3.8) is 0 Å². The summed E-state index contributed by atoms with van der Waals surface area (Å²) in [6, 6.07) is 2.92. The molecule has 0 heterocycles. The molecule has 0 unspecified atom stereocenters. The molecule has 4 nitrogen and oxygen atoms in total. The van der Waals surface area contributed by atoms with Crippen molar-refractivity contribution in [2.75, 3.05) is 4.72 Å². The second kappa shape index (κ2) is 6.98. The van der Waals surface area contributed by atoms with Gasteiger partial charge in [0.1, 0.15) is 10.6 Å². The van der Waals surface area contributed by atoms with E-state index in [1.165, 1.54) is 12.1 Å². The third kappa shape index (κ3) is 3.52. The highest BCUT2D eigenvalue weighted by Crippen LogP contribution is 2.46. The Morgan fingerprint density at radius 2 is 1.21 bits per heavy atom. The average molecular weight is 450 g/mol. The van der Waals surface area contributed by atoms with Gasteiger partial charge in [-0.1, -0.05) is 58.0 Å². The Kier molecular flexibility index (Phi) is 5.75. The van der Waals surface area contributed by atoms with Gasteiger partial charge < -0.3 is 5.11 Å². The van der Waals surface area contributed by atoms with E-state index in [0.717, 1.165) is 0 Å². The molecule has 0 fully saturated rings. The predicted molar refractivity (Wildman–Crippen MR) is 99.9 cm³/mol. The van der Waals surface area contributed by atoms with Gasteiger partial charge in [-0.05, 0) is 37.1 Å². The van der Waals surface area contributed by atoms with Crippen molar-refractivity contribution >= 4 is 73.7 Å². The van der Waals surface area contributed by atoms with Crippen molar-refractivity contribution < 1.29 is 13.5 Å². The summed E-state index contributed by atoms with van der Waals surface area (Å²) < 4.78 is 27.7. The van der Waals surface area contributed by atoms with Crippen LogP contribution in [0.5, 0.6) is 5.75 Å². The molecule has 0 spiro atoms. The Hall–Kier alpha value is -0.560. The Labute approximate surface area is 164 Å². The third-order valence-corrected chi connectivity index (χ3v) is 7.13. The predicted octanol–water partition coefficient (Wildman–Crippen LogP) is 6.08. The van der Waals surface area contributed by atoms with E-state index in [4.69, 9.17) is 58.0 Å². The summed E-state index contributed by atoms with van der Waals surface area (Å²) in [6.07, 6.45) is 0. The van der Waals surface area contributed by atoms with Crippen LogP contribution in [-0.4, -0.2) is 13.5 Å². The maximum absolute atomic E-state index is 12.7. The van der Waals surface area contributed by atoms with E-state index in [0.29, 0.717) is 11.1 Å².